The average molecular weight is 315 g/mol. The summed E-state index contributed by atoms with van der Waals surface area (Å²) < 4.78 is 13.1. The SMILES string of the molecule is CC(C)(C)NC(=O)c1cccc(C(=O)Nc2cccc(F)c2)n1. The van der Waals surface area contributed by atoms with Crippen molar-refractivity contribution >= 4 is 17.5 Å². The van der Waals surface area contributed by atoms with Gasteiger partial charge < -0.3 is 10.6 Å². The number of amides is 2. The predicted molar refractivity (Wildman–Crippen MR) is 85.8 cm³/mol. The minimum atomic E-state index is -0.513. The van der Waals surface area contributed by atoms with Crippen molar-refractivity contribution in [3.63, 3.8) is 0 Å². The average Bonchev–Trinajstić information content (AvgIpc) is 2.45. The van der Waals surface area contributed by atoms with E-state index in [0.717, 1.165) is 0 Å². The predicted octanol–water partition coefficient (Wildman–Crippen LogP) is 3.00. The number of carbonyl (C=O) groups excluding carboxylic acids is 2. The van der Waals surface area contributed by atoms with Crippen molar-refractivity contribution in [3.05, 3.63) is 59.7 Å². The molecule has 0 aliphatic carbocycles. The maximum atomic E-state index is 13.1. The number of halogens is 1. The Balaban J connectivity index is 2.16. The molecule has 0 radical (unpaired) electrons. The molecule has 0 aliphatic rings. The molecule has 23 heavy (non-hydrogen) atoms. The van der Waals surface area contributed by atoms with Gasteiger partial charge in [-0.15, -0.1) is 0 Å². The van der Waals surface area contributed by atoms with Crippen LogP contribution in [0.2, 0.25) is 0 Å². The molecule has 2 amide bonds. The topological polar surface area (TPSA) is 71.1 Å². The van der Waals surface area contributed by atoms with Gasteiger partial charge in [0, 0.05) is 11.2 Å². The van der Waals surface area contributed by atoms with Crippen LogP contribution >= 0.6 is 0 Å². The second-order valence-electron chi connectivity index (χ2n) is 6.08. The van der Waals surface area contributed by atoms with Gasteiger partial charge in [0.1, 0.15) is 17.2 Å². The van der Waals surface area contributed by atoms with Gasteiger partial charge in [-0.25, -0.2) is 9.37 Å². The van der Waals surface area contributed by atoms with Crippen molar-refractivity contribution in [2.75, 3.05) is 5.32 Å². The number of nitrogens with zero attached hydrogens (tertiary/aromatic N) is 1. The smallest absolute Gasteiger partial charge is 0.274 e. The van der Waals surface area contributed by atoms with E-state index in [4.69, 9.17) is 0 Å². The molecule has 1 heterocycles. The Morgan fingerprint density at radius 3 is 2.22 bits per heavy atom. The highest BCUT2D eigenvalue weighted by molar-refractivity contribution is 6.03. The molecule has 120 valence electrons. The van der Waals surface area contributed by atoms with E-state index in [1.54, 1.807) is 12.1 Å². The summed E-state index contributed by atoms with van der Waals surface area (Å²) in [5.41, 5.74) is 0.141. The fourth-order valence-electron chi connectivity index (χ4n) is 1.85. The largest absolute Gasteiger partial charge is 0.346 e. The number of aromatic nitrogens is 1. The zero-order chi connectivity index (χ0) is 17.0. The molecule has 2 aromatic rings. The number of anilines is 1. The van der Waals surface area contributed by atoms with E-state index in [1.165, 1.54) is 30.3 Å². The normalized spacial score (nSPS) is 11.0. The van der Waals surface area contributed by atoms with Gasteiger partial charge in [-0.1, -0.05) is 12.1 Å². The minimum Gasteiger partial charge on any atom is -0.346 e. The monoisotopic (exact) mass is 315 g/mol. The number of hydrogen-bond acceptors (Lipinski definition) is 3. The van der Waals surface area contributed by atoms with E-state index in [2.05, 4.69) is 15.6 Å². The number of pyridine rings is 1. The summed E-state index contributed by atoms with van der Waals surface area (Å²) >= 11 is 0. The van der Waals surface area contributed by atoms with E-state index >= 15 is 0 Å². The molecular formula is C17H18FN3O2. The summed E-state index contributed by atoms with van der Waals surface area (Å²) in [5, 5.41) is 5.32. The maximum Gasteiger partial charge on any atom is 0.274 e. The Morgan fingerprint density at radius 1 is 1.00 bits per heavy atom. The summed E-state index contributed by atoms with van der Waals surface area (Å²) in [7, 11) is 0. The zero-order valence-electron chi connectivity index (χ0n) is 13.2. The Labute approximate surface area is 133 Å². The van der Waals surface area contributed by atoms with Crippen LogP contribution in [-0.2, 0) is 0 Å². The van der Waals surface area contributed by atoms with Gasteiger partial charge in [0.15, 0.2) is 0 Å². The van der Waals surface area contributed by atoms with E-state index in [-0.39, 0.29) is 17.3 Å². The number of rotatable bonds is 3. The molecule has 5 nitrogen and oxygen atoms in total. The Kier molecular flexibility index (Phi) is 4.74. The van der Waals surface area contributed by atoms with Crippen molar-refractivity contribution in [1.29, 1.82) is 0 Å². The second-order valence-corrected chi connectivity index (χ2v) is 6.08. The number of hydrogen-bond donors (Lipinski definition) is 2. The fraction of sp³-hybridized carbons (Fsp3) is 0.235. The first-order chi connectivity index (χ1) is 10.7. The molecule has 1 aromatic heterocycles. The Morgan fingerprint density at radius 2 is 1.61 bits per heavy atom. The summed E-state index contributed by atoms with van der Waals surface area (Å²) in [6, 6.07) is 10.1. The molecule has 0 saturated heterocycles. The maximum absolute atomic E-state index is 13.1. The van der Waals surface area contributed by atoms with Crippen LogP contribution in [0, 0.1) is 5.82 Å². The first-order valence-electron chi connectivity index (χ1n) is 7.11. The highest BCUT2D eigenvalue weighted by Crippen LogP contribution is 2.11. The third kappa shape index (κ3) is 4.88. The van der Waals surface area contributed by atoms with Crippen molar-refractivity contribution in [3.8, 4) is 0 Å². The summed E-state index contributed by atoms with van der Waals surface area (Å²) in [6.45, 7) is 5.56. The molecule has 0 bridgehead atoms. The van der Waals surface area contributed by atoms with Gasteiger partial charge in [0.05, 0.1) is 0 Å². The second kappa shape index (κ2) is 6.56. The number of nitrogens with one attached hydrogen (secondary N) is 2. The lowest BCUT2D eigenvalue weighted by atomic mass is 10.1. The van der Waals surface area contributed by atoms with Crippen molar-refractivity contribution in [2.45, 2.75) is 26.3 Å². The van der Waals surface area contributed by atoms with Crippen LogP contribution in [0.1, 0.15) is 41.7 Å². The lowest BCUT2D eigenvalue weighted by molar-refractivity contribution is 0.0914. The molecule has 2 rings (SSSR count). The summed E-state index contributed by atoms with van der Waals surface area (Å²) in [4.78, 5) is 28.3. The third-order valence-corrected chi connectivity index (χ3v) is 2.79. The van der Waals surface area contributed by atoms with E-state index < -0.39 is 17.3 Å². The lowest BCUT2D eigenvalue weighted by Crippen LogP contribution is -2.41. The molecular weight excluding hydrogens is 297 g/mol. The Bertz CT molecular complexity index is 739. The lowest BCUT2D eigenvalue weighted by Gasteiger charge is -2.20. The molecule has 6 heteroatoms. The van der Waals surface area contributed by atoms with Gasteiger partial charge in [-0.3, -0.25) is 9.59 Å². The van der Waals surface area contributed by atoms with Gasteiger partial charge >= 0.3 is 0 Å². The van der Waals surface area contributed by atoms with Gasteiger partial charge in [0.2, 0.25) is 0 Å². The summed E-state index contributed by atoms with van der Waals surface area (Å²) in [6.07, 6.45) is 0. The number of carbonyl (C=O) groups is 2. The van der Waals surface area contributed by atoms with Crippen LogP contribution in [0.3, 0.4) is 0 Å². The molecule has 0 spiro atoms. The van der Waals surface area contributed by atoms with E-state index in [1.807, 2.05) is 20.8 Å². The van der Waals surface area contributed by atoms with Crippen LogP contribution in [0.25, 0.3) is 0 Å². The molecule has 1 aromatic carbocycles. The fourth-order valence-corrected chi connectivity index (χ4v) is 1.85. The highest BCUT2D eigenvalue weighted by atomic mass is 19.1. The first-order valence-corrected chi connectivity index (χ1v) is 7.11. The quantitative estimate of drug-likeness (QED) is 0.914. The van der Waals surface area contributed by atoms with E-state index in [0.29, 0.717) is 5.69 Å². The van der Waals surface area contributed by atoms with Crippen LogP contribution in [-0.4, -0.2) is 22.3 Å². The molecule has 0 aliphatic heterocycles. The molecule has 0 atom stereocenters. The van der Waals surface area contributed by atoms with Crippen molar-refractivity contribution in [2.24, 2.45) is 0 Å². The third-order valence-electron chi connectivity index (χ3n) is 2.79. The highest BCUT2D eigenvalue weighted by Gasteiger charge is 2.17. The van der Waals surface area contributed by atoms with Crippen LogP contribution < -0.4 is 10.6 Å². The van der Waals surface area contributed by atoms with Crippen molar-refractivity contribution < 1.29 is 14.0 Å². The molecule has 0 unspecified atom stereocenters. The molecule has 0 saturated carbocycles. The van der Waals surface area contributed by atoms with Crippen LogP contribution in [0.5, 0.6) is 0 Å². The molecule has 0 fully saturated rings. The number of benzene rings is 1. The van der Waals surface area contributed by atoms with E-state index in [9.17, 15) is 14.0 Å². The van der Waals surface area contributed by atoms with Crippen molar-refractivity contribution in [1.82, 2.24) is 10.3 Å². The standard InChI is InChI=1S/C17H18FN3O2/c1-17(2,3)21-16(23)14-9-5-8-13(20-14)15(22)19-12-7-4-6-11(18)10-12/h4-10H,1-3H3,(H,19,22)(H,21,23). The van der Waals surface area contributed by atoms with Crippen LogP contribution in [0.4, 0.5) is 10.1 Å². The van der Waals surface area contributed by atoms with Gasteiger partial charge in [-0.2, -0.15) is 0 Å². The first kappa shape index (κ1) is 16.6. The molecule has 2 N–H and O–H groups in total. The van der Waals surface area contributed by atoms with Crippen LogP contribution in [0.15, 0.2) is 42.5 Å². The minimum absolute atomic E-state index is 0.0795. The van der Waals surface area contributed by atoms with Gasteiger partial charge in [-0.05, 0) is 51.1 Å². The van der Waals surface area contributed by atoms with Gasteiger partial charge in [0.25, 0.3) is 11.8 Å². The Hall–Kier alpha value is -2.76. The zero-order valence-corrected chi connectivity index (χ0v) is 13.2. The summed E-state index contributed by atoms with van der Waals surface area (Å²) in [5.74, 6) is -1.33.